The quantitative estimate of drug-likeness (QED) is 0.0535. The molecule has 1 unspecified atom stereocenters. The number of alkyl carbamates (subject to hydrolysis) is 1. The number of hydrogen-bond donors (Lipinski definition) is 2. The fraction of sp³-hybridized carbons (Fsp3) is 0.805. The minimum absolute atomic E-state index is 0.0725. The van der Waals surface area contributed by atoms with Crippen LogP contribution in [0.2, 0.25) is 0 Å². The van der Waals surface area contributed by atoms with Gasteiger partial charge in [0, 0.05) is 6.42 Å². The zero-order chi connectivity index (χ0) is 40.1. The molecule has 0 radical (unpaired) electrons. The Morgan fingerprint density at radius 3 is 2.20 bits per heavy atom. The summed E-state index contributed by atoms with van der Waals surface area (Å²) in [5.41, 5.74) is 0.409. The maximum Gasteiger partial charge on any atom is 0.453 e. The lowest BCUT2D eigenvalue weighted by molar-refractivity contribution is -0.284. The average Bonchev–Trinajstić information content (AvgIpc) is 3.35. The van der Waals surface area contributed by atoms with E-state index in [1.54, 1.807) is 34.6 Å². The Kier molecular flexibility index (Phi) is 14.9. The summed E-state index contributed by atoms with van der Waals surface area (Å²) in [6.45, 7) is 10.7. The number of carbonyl (C=O) groups is 2. The third kappa shape index (κ3) is 11.5. The number of ether oxygens (including phenoxy) is 2. The Morgan fingerprint density at radius 1 is 0.926 bits per heavy atom. The van der Waals surface area contributed by atoms with Gasteiger partial charge < -0.3 is 24.4 Å². The summed E-state index contributed by atoms with van der Waals surface area (Å²) >= 11 is -1.40. The first kappa shape index (κ1) is 44.6. The number of aliphatic hydroxyl groups excluding tert-OH is 1. The van der Waals surface area contributed by atoms with Crippen LogP contribution in [0.25, 0.3) is 0 Å². The largest absolute Gasteiger partial charge is 0.616 e. The number of fused-ring (bicyclic) bond motifs is 5. The minimum atomic E-state index is -5.57. The minimum Gasteiger partial charge on any atom is -0.616 e. The van der Waals surface area contributed by atoms with Gasteiger partial charge >= 0.3 is 24.2 Å². The van der Waals surface area contributed by atoms with E-state index in [0.29, 0.717) is 41.6 Å². The SMILES string of the molecule is CC(C)(C)OC(=O)NC(C)(C)C(=O)Oc1ccc2c(c1)C[C@@H](CCCCCCCCC[S+]([O-])CCCC(F)(F)C(F)(F)F)[C@@H]1[C@@H]2CC[C@]2(C)[C@@H](O)CC[C@@H]12. The van der Waals surface area contributed by atoms with Gasteiger partial charge in [-0.2, -0.15) is 22.0 Å². The predicted octanol–water partition coefficient (Wildman–Crippen LogP) is 10.2. The van der Waals surface area contributed by atoms with Crippen molar-refractivity contribution in [1.82, 2.24) is 5.32 Å². The van der Waals surface area contributed by atoms with Crippen molar-refractivity contribution in [2.24, 2.45) is 23.2 Å². The molecule has 1 aromatic carbocycles. The summed E-state index contributed by atoms with van der Waals surface area (Å²) in [7, 11) is 0. The van der Waals surface area contributed by atoms with E-state index in [9.17, 15) is 41.2 Å². The average molecular weight is 792 g/mol. The first-order valence-electron chi connectivity index (χ1n) is 19.9. The molecule has 4 rings (SSSR count). The van der Waals surface area contributed by atoms with Gasteiger partial charge in [-0.3, -0.25) is 0 Å². The Balaban J connectivity index is 1.28. The van der Waals surface area contributed by atoms with E-state index in [1.807, 2.05) is 12.1 Å². The van der Waals surface area contributed by atoms with Gasteiger partial charge in [-0.15, -0.1) is 0 Å². The molecule has 0 saturated heterocycles. The predicted molar refractivity (Wildman–Crippen MR) is 200 cm³/mol. The summed E-state index contributed by atoms with van der Waals surface area (Å²) in [5.74, 6) is -2.98. The number of nitrogens with one attached hydrogen (secondary N) is 1. The molecule has 54 heavy (non-hydrogen) atoms. The van der Waals surface area contributed by atoms with Gasteiger partial charge in [0.1, 0.15) is 28.4 Å². The normalized spacial score (nSPS) is 26.4. The Labute approximate surface area is 321 Å². The highest BCUT2D eigenvalue weighted by atomic mass is 32.2. The second-order valence-corrected chi connectivity index (χ2v) is 19.5. The molecule has 0 bridgehead atoms. The highest BCUT2D eigenvalue weighted by Crippen LogP contribution is 2.62. The van der Waals surface area contributed by atoms with Crippen LogP contribution in [0.4, 0.5) is 26.7 Å². The number of carbonyl (C=O) groups excluding carboxylic acids is 2. The molecule has 3 aliphatic rings. The maximum atomic E-state index is 13.2. The molecule has 2 N–H and O–H groups in total. The van der Waals surface area contributed by atoms with E-state index in [4.69, 9.17) is 9.47 Å². The molecule has 1 amide bonds. The number of rotatable bonds is 17. The van der Waals surface area contributed by atoms with Crippen molar-refractivity contribution in [2.75, 3.05) is 11.5 Å². The lowest BCUT2D eigenvalue weighted by Gasteiger charge is -2.53. The van der Waals surface area contributed by atoms with Gasteiger partial charge in [-0.1, -0.05) is 56.3 Å². The molecule has 1 aromatic rings. The van der Waals surface area contributed by atoms with Crippen LogP contribution in [0.1, 0.15) is 148 Å². The molecule has 0 aliphatic heterocycles. The van der Waals surface area contributed by atoms with Crippen LogP contribution < -0.4 is 10.1 Å². The number of amides is 1. The molecular formula is C41H62F5NO6S. The van der Waals surface area contributed by atoms with Gasteiger partial charge in [0.2, 0.25) is 0 Å². The fourth-order valence-corrected chi connectivity index (χ4v) is 10.4. The van der Waals surface area contributed by atoms with Gasteiger partial charge in [0.05, 0.1) is 6.10 Å². The van der Waals surface area contributed by atoms with E-state index in [0.717, 1.165) is 77.0 Å². The molecule has 0 aromatic heterocycles. The zero-order valence-electron chi connectivity index (χ0n) is 32.9. The Morgan fingerprint density at radius 2 is 1.56 bits per heavy atom. The third-order valence-corrected chi connectivity index (χ3v) is 13.6. The summed E-state index contributed by atoms with van der Waals surface area (Å²) in [6, 6.07) is 5.95. The van der Waals surface area contributed by atoms with Gasteiger partial charge in [0.15, 0.2) is 0 Å². The number of esters is 1. The third-order valence-electron chi connectivity index (χ3n) is 12.1. The summed E-state index contributed by atoms with van der Waals surface area (Å²) < 4.78 is 86.4. The van der Waals surface area contributed by atoms with Crippen molar-refractivity contribution in [3.8, 4) is 5.75 Å². The second-order valence-electron chi connectivity index (χ2n) is 17.8. The number of halogens is 5. The monoisotopic (exact) mass is 791 g/mol. The number of aliphatic hydroxyl groups is 1. The van der Waals surface area contributed by atoms with Crippen LogP contribution in [0, 0.1) is 23.2 Å². The molecule has 2 saturated carbocycles. The number of benzene rings is 1. The van der Waals surface area contributed by atoms with Crippen molar-refractivity contribution in [1.29, 1.82) is 0 Å². The standard InChI is InChI=1S/C41H62F5NO6S/c1-37(2,3)53-36(50)47-38(4,5)35(49)52-29-16-17-30-28(26-29)25-27(34-31(30)20-22-39(6)32(34)18-19-33(39)48)15-12-10-8-7-9-11-13-23-54(51)24-14-21-40(42,43)41(44,45)46/h16-17,26-27,31-34,48H,7-15,18-25H2,1-6H3,(H,47,50)/t27-,31-,32+,33+,34-,39+,54?/m1/s1. The zero-order valence-corrected chi connectivity index (χ0v) is 33.7. The Bertz CT molecular complexity index is 1420. The Hall–Kier alpha value is -2.12. The fourth-order valence-electron chi connectivity index (χ4n) is 9.18. The molecule has 308 valence electrons. The molecule has 3 aliphatic carbocycles. The molecule has 2 fully saturated rings. The molecule has 7 atom stereocenters. The van der Waals surface area contributed by atoms with E-state index >= 15 is 0 Å². The number of alkyl halides is 5. The second kappa shape index (κ2) is 18.0. The highest BCUT2D eigenvalue weighted by Gasteiger charge is 2.57. The van der Waals surface area contributed by atoms with Crippen LogP contribution in [-0.2, 0) is 27.1 Å². The van der Waals surface area contributed by atoms with E-state index < -0.39 is 59.3 Å². The smallest absolute Gasteiger partial charge is 0.453 e. The molecular weight excluding hydrogens is 730 g/mol. The molecule has 7 nitrogen and oxygen atoms in total. The van der Waals surface area contributed by atoms with Crippen LogP contribution in [0.5, 0.6) is 5.75 Å². The van der Waals surface area contributed by atoms with E-state index in [-0.39, 0.29) is 17.3 Å². The van der Waals surface area contributed by atoms with E-state index in [2.05, 4.69) is 18.3 Å². The van der Waals surface area contributed by atoms with Crippen LogP contribution in [0.3, 0.4) is 0 Å². The summed E-state index contributed by atoms with van der Waals surface area (Å²) in [6.07, 6.45) is 4.18. The van der Waals surface area contributed by atoms with Crippen molar-refractivity contribution >= 4 is 23.2 Å². The van der Waals surface area contributed by atoms with Crippen LogP contribution in [0.15, 0.2) is 18.2 Å². The molecule has 0 heterocycles. The van der Waals surface area contributed by atoms with Gasteiger partial charge in [-0.25, -0.2) is 9.59 Å². The van der Waals surface area contributed by atoms with Crippen molar-refractivity contribution < 1.29 is 50.7 Å². The highest BCUT2D eigenvalue weighted by molar-refractivity contribution is 7.91. The van der Waals surface area contributed by atoms with Crippen molar-refractivity contribution in [2.45, 2.75) is 173 Å². The molecule has 0 spiro atoms. The first-order valence-corrected chi connectivity index (χ1v) is 21.4. The van der Waals surface area contributed by atoms with Crippen LogP contribution >= 0.6 is 0 Å². The topological polar surface area (TPSA) is 108 Å². The van der Waals surface area contributed by atoms with E-state index in [1.165, 1.54) is 11.1 Å². The van der Waals surface area contributed by atoms with Crippen molar-refractivity contribution in [3.63, 3.8) is 0 Å². The number of unbranched alkanes of at least 4 members (excludes halogenated alkanes) is 6. The lowest BCUT2D eigenvalue weighted by Crippen LogP contribution is -2.52. The molecule has 13 heteroatoms. The van der Waals surface area contributed by atoms with Gasteiger partial charge in [-0.05, 0) is 145 Å². The van der Waals surface area contributed by atoms with Gasteiger partial charge in [0.25, 0.3) is 0 Å². The summed E-state index contributed by atoms with van der Waals surface area (Å²) in [4.78, 5) is 25.6. The lowest BCUT2D eigenvalue weighted by atomic mass is 9.52. The first-order chi connectivity index (χ1) is 25.0. The van der Waals surface area contributed by atoms with Crippen LogP contribution in [-0.4, -0.2) is 62.6 Å². The summed E-state index contributed by atoms with van der Waals surface area (Å²) in [5, 5.41) is 13.7. The maximum absolute atomic E-state index is 13.2. The van der Waals surface area contributed by atoms with Crippen molar-refractivity contribution in [3.05, 3.63) is 29.3 Å². The number of hydrogen-bond acceptors (Lipinski definition) is 6.